The number of hydrogen-bond acceptors (Lipinski definition) is 3. The van der Waals surface area contributed by atoms with E-state index in [-0.39, 0.29) is 5.82 Å². The van der Waals surface area contributed by atoms with Crippen LogP contribution in [0.4, 0.5) is 4.39 Å². The van der Waals surface area contributed by atoms with Crippen molar-refractivity contribution in [1.29, 1.82) is 0 Å². The van der Waals surface area contributed by atoms with E-state index in [2.05, 4.69) is 22.8 Å². The fraction of sp³-hybridized carbons (Fsp3) is 0.348. The van der Waals surface area contributed by atoms with Gasteiger partial charge in [-0.2, -0.15) is 0 Å². The molecule has 0 bridgehead atoms. The number of aromatic nitrogens is 1. The highest BCUT2D eigenvalue weighted by Crippen LogP contribution is 2.37. The average Bonchev–Trinajstić information content (AvgIpc) is 2.72. The molecule has 1 aliphatic heterocycles. The third kappa shape index (κ3) is 3.73. The monoisotopic (exact) mass is 382 g/mol. The van der Waals surface area contributed by atoms with Crippen molar-refractivity contribution in [2.75, 3.05) is 20.3 Å². The van der Waals surface area contributed by atoms with Crippen LogP contribution in [0.1, 0.15) is 24.0 Å². The van der Waals surface area contributed by atoms with Gasteiger partial charge < -0.3 is 14.2 Å². The molecule has 0 aliphatic carbocycles. The van der Waals surface area contributed by atoms with E-state index < -0.39 is 5.60 Å². The molecule has 4 nitrogen and oxygen atoms in total. The quantitative estimate of drug-likeness (QED) is 0.625. The van der Waals surface area contributed by atoms with Crippen molar-refractivity contribution >= 4 is 10.9 Å². The predicted molar refractivity (Wildman–Crippen MR) is 105 cm³/mol. The Balaban J connectivity index is 1.56. The van der Waals surface area contributed by atoms with Crippen LogP contribution in [0, 0.1) is 5.82 Å². The Morgan fingerprint density at radius 3 is 2.71 bits per heavy atom. The number of nitrogens with zero attached hydrogens (tertiary/aromatic N) is 1. The zero-order valence-corrected chi connectivity index (χ0v) is 16.3. The summed E-state index contributed by atoms with van der Waals surface area (Å²) in [7, 11) is 3.69. The number of benzene rings is 2. The molecule has 5 heteroatoms. The summed E-state index contributed by atoms with van der Waals surface area (Å²) in [6.07, 6.45) is 3.43. The van der Waals surface area contributed by atoms with Crippen LogP contribution in [0.3, 0.4) is 0 Å². The molecule has 28 heavy (non-hydrogen) atoms. The number of methoxy groups -OCH3 is 1. The molecule has 0 amide bonds. The van der Waals surface area contributed by atoms with Crippen molar-refractivity contribution in [1.82, 2.24) is 0 Å². The number of aryl methyl sites for hydroxylation is 1. The standard InChI is InChI=1S/C23H25FNO3/c1-25-9-3-4-18-12-17(5-6-22(18)25)16-28-21-14-19(13-20(24)15-21)23(26-2)7-10-27-11-8-23/h3-6,9,12-15H,7-8,10-11,16H2,1-2H3/q+1. The third-order valence-corrected chi connectivity index (χ3v) is 5.55. The fourth-order valence-corrected chi connectivity index (χ4v) is 3.89. The first-order valence-corrected chi connectivity index (χ1v) is 9.54. The van der Waals surface area contributed by atoms with Crippen LogP contribution in [0.25, 0.3) is 10.9 Å². The van der Waals surface area contributed by atoms with Gasteiger partial charge in [0.15, 0.2) is 6.20 Å². The first kappa shape index (κ1) is 18.8. The number of hydrogen-bond donors (Lipinski definition) is 0. The molecule has 146 valence electrons. The maximum Gasteiger partial charge on any atom is 0.212 e. The summed E-state index contributed by atoms with van der Waals surface area (Å²) >= 11 is 0. The topological polar surface area (TPSA) is 31.6 Å². The van der Waals surface area contributed by atoms with Crippen molar-refractivity contribution in [2.24, 2.45) is 7.05 Å². The number of rotatable bonds is 5. The van der Waals surface area contributed by atoms with Gasteiger partial charge in [-0.3, -0.25) is 0 Å². The SMILES string of the molecule is COC1(c2cc(F)cc(OCc3ccc4c(ccc[n+]4C)c3)c2)CCOCC1. The zero-order chi connectivity index (χ0) is 19.6. The molecule has 1 aliphatic rings. The van der Waals surface area contributed by atoms with E-state index in [1.54, 1.807) is 7.11 Å². The Bertz CT molecular complexity index is 983. The van der Waals surface area contributed by atoms with Crippen LogP contribution in [0.5, 0.6) is 5.75 Å². The Kier molecular flexibility index (Phi) is 5.29. The summed E-state index contributed by atoms with van der Waals surface area (Å²) in [4.78, 5) is 0. The van der Waals surface area contributed by atoms with Gasteiger partial charge in [0.1, 0.15) is 25.2 Å². The minimum absolute atomic E-state index is 0.319. The van der Waals surface area contributed by atoms with Crippen molar-refractivity contribution in [3.8, 4) is 5.75 Å². The molecule has 0 N–H and O–H groups in total. The second-order valence-corrected chi connectivity index (χ2v) is 7.29. The summed E-state index contributed by atoms with van der Waals surface area (Å²) in [5, 5.41) is 1.14. The lowest BCUT2D eigenvalue weighted by atomic mass is 9.86. The molecule has 2 aromatic carbocycles. The van der Waals surface area contributed by atoms with Gasteiger partial charge in [-0.1, -0.05) is 0 Å². The first-order valence-electron chi connectivity index (χ1n) is 9.54. The van der Waals surface area contributed by atoms with Crippen molar-refractivity contribution in [3.63, 3.8) is 0 Å². The number of fused-ring (bicyclic) bond motifs is 1. The number of ether oxygens (including phenoxy) is 3. The average molecular weight is 382 g/mol. The highest BCUT2D eigenvalue weighted by Gasteiger charge is 2.35. The summed E-state index contributed by atoms with van der Waals surface area (Å²) in [6, 6.07) is 15.2. The molecule has 2 heterocycles. The van der Waals surface area contributed by atoms with E-state index in [9.17, 15) is 4.39 Å². The Morgan fingerprint density at radius 1 is 1.11 bits per heavy atom. The van der Waals surface area contributed by atoms with E-state index in [0.717, 1.165) is 22.0 Å². The molecule has 1 saturated heterocycles. The maximum absolute atomic E-state index is 14.3. The van der Waals surface area contributed by atoms with E-state index in [4.69, 9.17) is 14.2 Å². The molecule has 1 fully saturated rings. The lowest BCUT2D eigenvalue weighted by Crippen LogP contribution is -2.35. The van der Waals surface area contributed by atoms with Crippen LogP contribution < -0.4 is 9.30 Å². The highest BCUT2D eigenvalue weighted by molar-refractivity contribution is 5.76. The Hall–Kier alpha value is -2.50. The summed E-state index contributed by atoms with van der Waals surface area (Å²) < 4.78 is 33.6. The van der Waals surface area contributed by atoms with Gasteiger partial charge in [-0.05, 0) is 41.5 Å². The highest BCUT2D eigenvalue weighted by atomic mass is 19.1. The molecular weight excluding hydrogens is 357 g/mol. The Morgan fingerprint density at radius 2 is 1.93 bits per heavy atom. The van der Waals surface area contributed by atoms with Crippen LogP contribution in [0.2, 0.25) is 0 Å². The fourth-order valence-electron chi connectivity index (χ4n) is 3.89. The van der Waals surface area contributed by atoms with E-state index in [1.807, 2.05) is 31.4 Å². The van der Waals surface area contributed by atoms with E-state index >= 15 is 0 Å². The zero-order valence-electron chi connectivity index (χ0n) is 16.3. The molecule has 1 aromatic heterocycles. The third-order valence-electron chi connectivity index (χ3n) is 5.55. The number of halogens is 1. The normalized spacial score (nSPS) is 16.2. The molecule has 0 radical (unpaired) electrons. The van der Waals surface area contributed by atoms with Gasteiger partial charge in [0, 0.05) is 56.8 Å². The lowest BCUT2D eigenvalue weighted by molar-refractivity contribution is -0.644. The van der Waals surface area contributed by atoms with Crippen molar-refractivity contribution in [2.45, 2.75) is 25.0 Å². The van der Waals surface area contributed by atoms with Crippen molar-refractivity contribution < 1.29 is 23.2 Å². The second kappa shape index (κ2) is 7.86. The van der Waals surface area contributed by atoms with Crippen LogP contribution in [0.15, 0.2) is 54.7 Å². The maximum atomic E-state index is 14.3. The van der Waals surface area contributed by atoms with Crippen LogP contribution in [-0.4, -0.2) is 20.3 Å². The summed E-state index contributed by atoms with van der Waals surface area (Å²) in [5.74, 6) is 0.192. The van der Waals surface area contributed by atoms with Crippen LogP contribution in [-0.2, 0) is 28.7 Å². The van der Waals surface area contributed by atoms with Gasteiger partial charge in [0.05, 0.1) is 5.60 Å². The molecule has 3 aromatic rings. The largest absolute Gasteiger partial charge is 0.489 e. The minimum Gasteiger partial charge on any atom is -0.489 e. The molecule has 0 unspecified atom stereocenters. The Labute approximate surface area is 164 Å². The minimum atomic E-state index is -0.518. The van der Waals surface area contributed by atoms with E-state index in [1.165, 1.54) is 12.1 Å². The van der Waals surface area contributed by atoms with Crippen molar-refractivity contribution in [3.05, 3.63) is 71.7 Å². The predicted octanol–water partition coefficient (Wildman–Crippen LogP) is 4.03. The van der Waals surface area contributed by atoms with Gasteiger partial charge in [-0.25, -0.2) is 8.96 Å². The smallest absolute Gasteiger partial charge is 0.212 e. The van der Waals surface area contributed by atoms with Gasteiger partial charge in [-0.15, -0.1) is 0 Å². The van der Waals surface area contributed by atoms with Gasteiger partial charge in [0.25, 0.3) is 0 Å². The first-order chi connectivity index (χ1) is 13.6. The second-order valence-electron chi connectivity index (χ2n) is 7.29. The molecule has 0 atom stereocenters. The van der Waals surface area contributed by atoms with Gasteiger partial charge >= 0.3 is 0 Å². The molecular formula is C23H25FNO3+. The van der Waals surface area contributed by atoms with E-state index in [0.29, 0.717) is 38.4 Å². The van der Waals surface area contributed by atoms with Crippen LogP contribution >= 0.6 is 0 Å². The number of pyridine rings is 1. The summed E-state index contributed by atoms with van der Waals surface area (Å²) in [6.45, 7) is 1.59. The molecule has 0 saturated carbocycles. The molecule has 4 rings (SSSR count). The summed E-state index contributed by atoms with van der Waals surface area (Å²) in [5.41, 5.74) is 2.48. The molecule has 0 spiro atoms. The van der Waals surface area contributed by atoms with Gasteiger partial charge in [0.2, 0.25) is 5.52 Å². The lowest BCUT2D eigenvalue weighted by Gasteiger charge is -2.36.